The van der Waals surface area contributed by atoms with Gasteiger partial charge in [-0.25, -0.2) is 4.98 Å². The van der Waals surface area contributed by atoms with E-state index in [2.05, 4.69) is 34.7 Å². The fourth-order valence-electron chi connectivity index (χ4n) is 2.19. The molecule has 1 aromatic rings. The summed E-state index contributed by atoms with van der Waals surface area (Å²) >= 11 is 0. The quantitative estimate of drug-likeness (QED) is 0.691. The molecule has 5 nitrogen and oxygen atoms in total. The Balaban J connectivity index is 1.94. The Morgan fingerprint density at radius 2 is 2.14 bits per heavy atom. The second kappa shape index (κ2) is 8.32. The zero-order valence-corrected chi connectivity index (χ0v) is 13.3. The van der Waals surface area contributed by atoms with Crippen LogP contribution in [-0.4, -0.2) is 44.5 Å². The lowest BCUT2D eigenvalue weighted by molar-refractivity contribution is 0.0365. The van der Waals surface area contributed by atoms with Gasteiger partial charge in [0.05, 0.1) is 12.7 Å². The van der Waals surface area contributed by atoms with Crippen molar-refractivity contribution in [3.05, 3.63) is 23.4 Å². The number of nitrogens with one attached hydrogen (secondary N) is 2. The summed E-state index contributed by atoms with van der Waals surface area (Å²) in [5, 5.41) is 6.90. The number of ether oxygens (including phenoxy) is 2. The van der Waals surface area contributed by atoms with E-state index in [1.165, 1.54) is 18.4 Å². The molecule has 1 atom stereocenters. The van der Waals surface area contributed by atoms with Crippen molar-refractivity contribution in [2.24, 2.45) is 0 Å². The Hall–Kier alpha value is -1.17. The zero-order valence-electron chi connectivity index (χ0n) is 13.3. The normalized spacial score (nSPS) is 16.0. The topological polar surface area (TPSA) is 55.4 Å². The van der Waals surface area contributed by atoms with Crippen LogP contribution < -0.4 is 10.6 Å². The molecule has 0 saturated heterocycles. The van der Waals surface area contributed by atoms with E-state index in [-0.39, 0.29) is 6.10 Å². The molecule has 1 aliphatic rings. The summed E-state index contributed by atoms with van der Waals surface area (Å²) in [4.78, 5) is 4.63. The van der Waals surface area contributed by atoms with Gasteiger partial charge in [-0.05, 0) is 37.0 Å². The molecule has 2 rings (SSSR count). The largest absolute Gasteiger partial charge is 0.382 e. The highest BCUT2D eigenvalue weighted by atomic mass is 16.5. The lowest BCUT2D eigenvalue weighted by atomic mass is 10.2. The predicted molar refractivity (Wildman–Crippen MR) is 84.6 cm³/mol. The molecule has 1 aliphatic carbocycles. The molecule has 1 saturated carbocycles. The average Bonchev–Trinajstić information content (AvgIpc) is 3.33. The smallest absolute Gasteiger partial charge is 0.126 e. The van der Waals surface area contributed by atoms with Crippen molar-refractivity contribution >= 4 is 5.82 Å². The maximum Gasteiger partial charge on any atom is 0.126 e. The van der Waals surface area contributed by atoms with E-state index >= 15 is 0 Å². The van der Waals surface area contributed by atoms with Crippen LogP contribution in [0.2, 0.25) is 0 Å². The van der Waals surface area contributed by atoms with Crippen LogP contribution in [0.3, 0.4) is 0 Å². The van der Waals surface area contributed by atoms with Gasteiger partial charge in [0.25, 0.3) is 0 Å². The van der Waals surface area contributed by atoms with E-state index in [1.54, 1.807) is 14.2 Å². The van der Waals surface area contributed by atoms with Crippen LogP contribution in [0, 0.1) is 0 Å². The van der Waals surface area contributed by atoms with Crippen LogP contribution in [0.25, 0.3) is 0 Å². The summed E-state index contributed by atoms with van der Waals surface area (Å²) in [6.07, 6.45) is 3.60. The Morgan fingerprint density at radius 1 is 1.33 bits per heavy atom. The van der Waals surface area contributed by atoms with E-state index in [1.807, 2.05) is 0 Å². The maximum absolute atomic E-state index is 5.36. The summed E-state index contributed by atoms with van der Waals surface area (Å²) in [6, 6.07) is 5.02. The predicted octanol–water partition coefficient (Wildman–Crippen LogP) is 1.97. The second-order valence-corrected chi connectivity index (χ2v) is 5.55. The molecular formula is C16H27N3O2. The lowest BCUT2D eigenvalue weighted by Crippen LogP contribution is -2.27. The Morgan fingerprint density at radius 3 is 2.76 bits per heavy atom. The molecule has 0 amide bonds. The van der Waals surface area contributed by atoms with Gasteiger partial charge >= 0.3 is 0 Å². The summed E-state index contributed by atoms with van der Waals surface area (Å²) < 4.78 is 10.5. The van der Waals surface area contributed by atoms with Crippen molar-refractivity contribution in [1.82, 2.24) is 10.3 Å². The molecule has 1 heterocycles. The van der Waals surface area contributed by atoms with Gasteiger partial charge in [-0.2, -0.15) is 0 Å². The number of hydrogen-bond donors (Lipinski definition) is 2. The molecule has 2 N–H and O–H groups in total. The highest BCUT2D eigenvalue weighted by molar-refractivity contribution is 5.40. The van der Waals surface area contributed by atoms with Gasteiger partial charge in [-0.3, -0.25) is 0 Å². The first-order valence-electron chi connectivity index (χ1n) is 7.74. The molecule has 0 spiro atoms. The minimum atomic E-state index is 0.0371. The molecular weight excluding hydrogens is 266 g/mol. The molecule has 21 heavy (non-hydrogen) atoms. The monoisotopic (exact) mass is 293 g/mol. The third-order valence-corrected chi connectivity index (χ3v) is 3.67. The molecule has 1 fully saturated rings. The number of methoxy groups -OCH3 is 2. The van der Waals surface area contributed by atoms with Crippen molar-refractivity contribution in [2.75, 3.05) is 32.7 Å². The van der Waals surface area contributed by atoms with Gasteiger partial charge in [-0.15, -0.1) is 0 Å². The van der Waals surface area contributed by atoms with Gasteiger partial charge in [0.1, 0.15) is 5.82 Å². The van der Waals surface area contributed by atoms with Gasteiger partial charge in [0.2, 0.25) is 0 Å². The standard InChI is InChI=1S/C16H27N3O2/c1-4-13-7-12(9-17-14-5-6-14)8-16(19-13)18-10-15(21-3)11-20-2/h7-8,14-15,17H,4-6,9-11H2,1-3H3,(H,18,19). The third-order valence-electron chi connectivity index (χ3n) is 3.67. The summed E-state index contributed by atoms with van der Waals surface area (Å²) in [5.74, 6) is 0.917. The van der Waals surface area contributed by atoms with Crippen LogP contribution in [0.1, 0.15) is 31.0 Å². The van der Waals surface area contributed by atoms with E-state index < -0.39 is 0 Å². The van der Waals surface area contributed by atoms with Crippen molar-refractivity contribution in [3.63, 3.8) is 0 Å². The zero-order chi connectivity index (χ0) is 15.1. The number of nitrogens with zero attached hydrogens (tertiary/aromatic N) is 1. The van der Waals surface area contributed by atoms with E-state index in [0.29, 0.717) is 13.2 Å². The molecule has 118 valence electrons. The molecule has 5 heteroatoms. The molecule has 0 radical (unpaired) electrons. The summed E-state index contributed by atoms with van der Waals surface area (Å²) in [7, 11) is 3.38. The van der Waals surface area contributed by atoms with Crippen molar-refractivity contribution in [1.29, 1.82) is 0 Å². The number of aromatic nitrogens is 1. The number of aryl methyl sites for hydroxylation is 1. The SMILES string of the molecule is CCc1cc(CNC2CC2)cc(NCC(COC)OC)n1. The first-order chi connectivity index (χ1) is 10.2. The van der Waals surface area contributed by atoms with Crippen LogP contribution in [0.15, 0.2) is 12.1 Å². The first-order valence-corrected chi connectivity index (χ1v) is 7.74. The number of anilines is 1. The van der Waals surface area contributed by atoms with Gasteiger partial charge in [0, 0.05) is 39.0 Å². The summed E-state index contributed by atoms with van der Waals surface area (Å²) in [5.41, 5.74) is 2.41. The first kappa shape index (κ1) is 16.2. The number of pyridine rings is 1. The van der Waals surface area contributed by atoms with Crippen LogP contribution in [-0.2, 0) is 22.4 Å². The van der Waals surface area contributed by atoms with Gasteiger partial charge in [-0.1, -0.05) is 6.92 Å². The Labute approximate surface area is 127 Å². The van der Waals surface area contributed by atoms with Crippen molar-refractivity contribution in [3.8, 4) is 0 Å². The molecule has 0 bridgehead atoms. The molecule has 0 aliphatic heterocycles. The lowest BCUT2D eigenvalue weighted by Gasteiger charge is -2.16. The molecule has 1 aromatic heterocycles. The van der Waals surface area contributed by atoms with E-state index in [4.69, 9.17) is 9.47 Å². The van der Waals surface area contributed by atoms with E-state index in [9.17, 15) is 0 Å². The van der Waals surface area contributed by atoms with Crippen molar-refractivity contribution in [2.45, 2.75) is 44.9 Å². The minimum Gasteiger partial charge on any atom is -0.382 e. The van der Waals surface area contributed by atoms with Gasteiger partial charge in [0.15, 0.2) is 0 Å². The molecule has 1 unspecified atom stereocenters. The van der Waals surface area contributed by atoms with E-state index in [0.717, 1.165) is 30.5 Å². The molecule has 0 aromatic carbocycles. The fraction of sp³-hybridized carbons (Fsp3) is 0.688. The highest BCUT2D eigenvalue weighted by Crippen LogP contribution is 2.20. The maximum atomic E-state index is 5.36. The number of rotatable bonds is 10. The van der Waals surface area contributed by atoms with Gasteiger partial charge < -0.3 is 20.1 Å². The third kappa shape index (κ3) is 5.61. The van der Waals surface area contributed by atoms with Crippen LogP contribution >= 0.6 is 0 Å². The number of hydrogen-bond acceptors (Lipinski definition) is 5. The fourth-order valence-corrected chi connectivity index (χ4v) is 2.19. The Kier molecular flexibility index (Phi) is 6.42. The summed E-state index contributed by atoms with van der Waals surface area (Å²) in [6.45, 7) is 4.32. The Bertz CT molecular complexity index is 436. The average molecular weight is 293 g/mol. The van der Waals surface area contributed by atoms with Crippen LogP contribution in [0.4, 0.5) is 5.82 Å². The highest BCUT2D eigenvalue weighted by Gasteiger charge is 2.20. The van der Waals surface area contributed by atoms with Crippen molar-refractivity contribution < 1.29 is 9.47 Å². The minimum absolute atomic E-state index is 0.0371. The second-order valence-electron chi connectivity index (χ2n) is 5.55. The van der Waals surface area contributed by atoms with Crippen LogP contribution in [0.5, 0.6) is 0 Å².